The van der Waals surface area contributed by atoms with Crippen LogP contribution in [0.5, 0.6) is 0 Å². The first kappa shape index (κ1) is 17.6. The van der Waals surface area contributed by atoms with Crippen molar-refractivity contribution >= 4 is 11.8 Å². The van der Waals surface area contributed by atoms with E-state index in [1.165, 1.54) is 33.4 Å². The maximum absolute atomic E-state index is 10.9. The molecule has 3 rings (SSSR count). The summed E-state index contributed by atoms with van der Waals surface area (Å²) < 4.78 is 0. The van der Waals surface area contributed by atoms with E-state index in [2.05, 4.69) is 64.1 Å². The van der Waals surface area contributed by atoms with Crippen LogP contribution in [-0.4, -0.2) is 10.7 Å². The van der Waals surface area contributed by atoms with Gasteiger partial charge in [-0.1, -0.05) is 58.7 Å². The van der Waals surface area contributed by atoms with Gasteiger partial charge in [0, 0.05) is 10.5 Å². The number of benzene rings is 2. The zero-order valence-corrected chi connectivity index (χ0v) is 16.2. The second-order valence-corrected chi connectivity index (χ2v) is 9.27. The summed E-state index contributed by atoms with van der Waals surface area (Å²) in [4.78, 5) is 0. The Bertz CT molecular complexity index is 646. The van der Waals surface area contributed by atoms with Crippen molar-refractivity contribution in [2.45, 2.75) is 63.6 Å². The van der Waals surface area contributed by atoms with Gasteiger partial charge in [-0.15, -0.1) is 11.8 Å². The highest BCUT2D eigenvalue weighted by molar-refractivity contribution is 7.99. The van der Waals surface area contributed by atoms with Gasteiger partial charge in [-0.2, -0.15) is 0 Å². The third-order valence-electron chi connectivity index (χ3n) is 4.81. The van der Waals surface area contributed by atoms with E-state index < -0.39 is 5.60 Å². The van der Waals surface area contributed by atoms with E-state index in [0.717, 1.165) is 12.8 Å². The van der Waals surface area contributed by atoms with Crippen molar-refractivity contribution in [3.8, 4) is 0 Å². The molecular weight excluding hydrogens is 312 g/mol. The van der Waals surface area contributed by atoms with Gasteiger partial charge in [0.15, 0.2) is 0 Å². The Hall–Kier alpha value is -1.25. The van der Waals surface area contributed by atoms with E-state index >= 15 is 0 Å². The summed E-state index contributed by atoms with van der Waals surface area (Å²) in [5.41, 5.74) is 7.31. The molecule has 24 heavy (non-hydrogen) atoms. The van der Waals surface area contributed by atoms with Crippen molar-refractivity contribution in [1.82, 2.24) is 0 Å². The van der Waals surface area contributed by atoms with Gasteiger partial charge in [-0.05, 0) is 58.6 Å². The standard InChI is InChI=1S/C22H28OS/c1-14-6-15(2)9-18(8-14)20-12-22(5,23)13-21(24-20)19-10-16(3)7-17(4)11-19/h6-11,20-21,23H,12-13H2,1-5H3/t20-,21-/m1/s1. The number of rotatable bonds is 2. The van der Waals surface area contributed by atoms with Crippen LogP contribution in [0, 0.1) is 27.7 Å². The topological polar surface area (TPSA) is 20.2 Å². The number of hydrogen-bond acceptors (Lipinski definition) is 2. The van der Waals surface area contributed by atoms with Crippen LogP contribution in [0.3, 0.4) is 0 Å². The Morgan fingerprint density at radius 2 is 1.08 bits per heavy atom. The first-order valence-corrected chi connectivity index (χ1v) is 9.70. The summed E-state index contributed by atoms with van der Waals surface area (Å²) in [7, 11) is 0. The van der Waals surface area contributed by atoms with E-state index in [1.54, 1.807) is 0 Å². The van der Waals surface area contributed by atoms with Crippen LogP contribution in [0.2, 0.25) is 0 Å². The number of aliphatic hydroxyl groups is 1. The van der Waals surface area contributed by atoms with Gasteiger partial charge in [0.1, 0.15) is 0 Å². The first-order valence-electron chi connectivity index (χ1n) is 8.76. The summed E-state index contributed by atoms with van der Waals surface area (Å²) >= 11 is 2.01. The highest BCUT2D eigenvalue weighted by Crippen LogP contribution is 2.53. The molecular formula is C22H28OS. The molecule has 128 valence electrons. The molecule has 2 atom stereocenters. The average Bonchev–Trinajstić information content (AvgIpc) is 2.43. The molecule has 1 aliphatic rings. The Balaban J connectivity index is 1.95. The van der Waals surface area contributed by atoms with Gasteiger partial charge in [0.25, 0.3) is 0 Å². The fourth-order valence-electron chi connectivity index (χ4n) is 3.96. The van der Waals surface area contributed by atoms with Crippen LogP contribution in [-0.2, 0) is 0 Å². The van der Waals surface area contributed by atoms with Gasteiger partial charge in [0.2, 0.25) is 0 Å². The number of aryl methyl sites for hydroxylation is 4. The summed E-state index contributed by atoms with van der Waals surface area (Å²) in [5.74, 6) is 0. The monoisotopic (exact) mass is 340 g/mol. The smallest absolute Gasteiger partial charge is 0.0647 e. The summed E-state index contributed by atoms with van der Waals surface area (Å²) in [6, 6.07) is 13.6. The quantitative estimate of drug-likeness (QED) is 0.725. The van der Waals surface area contributed by atoms with Gasteiger partial charge in [0.05, 0.1) is 5.60 Å². The molecule has 1 N–H and O–H groups in total. The van der Waals surface area contributed by atoms with Gasteiger partial charge in [-0.3, -0.25) is 0 Å². The van der Waals surface area contributed by atoms with Crippen molar-refractivity contribution in [2.24, 2.45) is 0 Å². The molecule has 0 bridgehead atoms. The SMILES string of the molecule is Cc1cc(C)cc([C@H]2CC(C)(O)C[C@H](c3cc(C)cc(C)c3)S2)c1. The third-order valence-corrected chi connectivity index (χ3v) is 6.35. The lowest BCUT2D eigenvalue weighted by molar-refractivity contribution is 0.0364. The van der Waals surface area contributed by atoms with Crippen molar-refractivity contribution in [2.75, 3.05) is 0 Å². The molecule has 0 aromatic heterocycles. The Kier molecular flexibility index (Phi) is 4.81. The summed E-state index contributed by atoms with van der Waals surface area (Å²) in [6.45, 7) is 10.6. The van der Waals surface area contributed by atoms with E-state index in [-0.39, 0.29) is 0 Å². The molecule has 2 aromatic rings. The van der Waals surface area contributed by atoms with E-state index in [0.29, 0.717) is 10.5 Å². The maximum atomic E-state index is 10.9. The molecule has 1 saturated heterocycles. The second-order valence-electron chi connectivity index (χ2n) is 7.86. The minimum atomic E-state index is -0.615. The molecule has 0 aliphatic carbocycles. The Morgan fingerprint density at radius 1 is 0.750 bits per heavy atom. The average molecular weight is 341 g/mol. The molecule has 0 amide bonds. The lowest BCUT2D eigenvalue weighted by Crippen LogP contribution is -2.32. The molecule has 2 heteroatoms. The van der Waals surface area contributed by atoms with Crippen LogP contribution in [0.25, 0.3) is 0 Å². The van der Waals surface area contributed by atoms with Crippen LogP contribution < -0.4 is 0 Å². The lowest BCUT2D eigenvalue weighted by Gasteiger charge is -2.39. The zero-order chi connectivity index (χ0) is 17.5. The van der Waals surface area contributed by atoms with Crippen LogP contribution in [0.4, 0.5) is 0 Å². The summed E-state index contributed by atoms with van der Waals surface area (Å²) in [5, 5.41) is 11.6. The fraction of sp³-hybridized carbons (Fsp3) is 0.455. The van der Waals surface area contributed by atoms with Crippen LogP contribution in [0.15, 0.2) is 36.4 Å². The van der Waals surface area contributed by atoms with E-state index in [1.807, 2.05) is 18.7 Å². The summed E-state index contributed by atoms with van der Waals surface area (Å²) in [6.07, 6.45) is 1.64. The van der Waals surface area contributed by atoms with Crippen LogP contribution in [0.1, 0.15) is 63.6 Å². The van der Waals surface area contributed by atoms with Crippen molar-refractivity contribution < 1.29 is 5.11 Å². The second kappa shape index (κ2) is 6.57. The minimum Gasteiger partial charge on any atom is -0.390 e. The Labute approximate surface area is 150 Å². The van der Waals surface area contributed by atoms with Crippen molar-refractivity contribution in [1.29, 1.82) is 0 Å². The number of thioether (sulfide) groups is 1. The zero-order valence-electron chi connectivity index (χ0n) is 15.4. The van der Waals surface area contributed by atoms with Crippen LogP contribution >= 0.6 is 11.8 Å². The highest BCUT2D eigenvalue weighted by Gasteiger charge is 2.37. The van der Waals surface area contributed by atoms with Gasteiger partial charge >= 0.3 is 0 Å². The van der Waals surface area contributed by atoms with E-state index in [9.17, 15) is 5.11 Å². The molecule has 1 nitrogen and oxygen atoms in total. The fourth-order valence-corrected chi connectivity index (χ4v) is 5.85. The van der Waals surface area contributed by atoms with Crippen molar-refractivity contribution in [3.63, 3.8) is 0 Å². The van der Waals surface area contributed by atoms with Gasteiger partial charge in [-0.25, -0.2) is 0 Å². The molecule has 0 radical (unpaired) electrons. The molecule has 1 heterocycles. The lowest BCUT2D eigenvalue weighted by atomic mass is 9.88. The predicted molar refractivity (Wildman–Crippen MR) is 105 cm³/mol. The molecule has 0 saturated carbocycles. The van der Waals surface area contributed by atoms with Crippen molar-refractivity contribution in [3.05, 3.63) is 69.8 Å². The Morgan fingerprint density at radius 3 is 1.42 bits per heavy atom. The van der Waals surface area contributed by atoms with Gasteiger partial charge < -0.3 is 5.11 Å². The molecule has 1 aliphatic heterocycles. The molecule has 1 fully saturated rings. The normalized spacial score (nSPS) is 27.2. The minimum absolute atomic E-state index is 0.346. The molecule has 2 aromatic carbocycles. The molecule has 0 spiro atoms. The largest absolute Gasteiger partial charge is 0.390 e. The number of hydrogen-bond donors (Lipinski definition) is 1. The molecule has 0 unspecified atom stereocenters. The highest BCUT2D eigenvalue weighted by atomic mass is 32.2. The first-order chi connectivity index (χ1) is 11.2. The maximum Gasteiger partial charge on any atom is 0.0647 e. The predicted octanol–water partition coefficient (Wildman–Crippen LogP) is 5.98. The van der Waals surface area contributed by atoms with E-state index in [4.69, 9.17) is 0 Å². The third kappa shape index (κ3) is 4.04.